The van der Waals surface area contributed by atoms with Crippen molar-refractivity contribution in [2.24, 2.45) is 0 Å². The van der Waals surface area contributed by atoms with Crippen molar-refractivity contribution >= 4 is 17.4 Å². The van der Waals surface area contributed by atoms with Crippen molar-refractivity contribution in [3.8, 4) is 5.69 Å². The fourth-order valence-electron chi connectivity index (χ4n) is 2.44. The molecular formula is C13H11ClFN4+. The second-order valence-corrected chi connectivity index (χ2v) is 4.97. The third-order valence-corrected chi connectivity index (χ3v) is 3.68. The van der Waals surface area contributed by atoms with E-state index in [0.29, 0.717) is 11.5 Å². The van der Waals surface area contributed by atoms with Crippen molar-refractivity contribution in [1.82, 2.24) is 9.78 Å². The normalized spacial score (nSPS) is 13.9. The van der Waals surface area contributed by atoms with E-state index < -0.39 is 5.82 Å². The van der Waals surface area contributed by atoms with Gasteiger partial charge < -0.3 is 0 Å². The fourth-order valence-corrected chi connectivity index (χ4v) is 2.55. The molecule has 3 rings (SSSR count). The molecule has 96 valence electrons. The van der Waals surface area contributed by atoms with E-state index in [9.17, 15) is 9.78 Å². The molecule has 1 aliphatic carbocycles. The first-order valence-electron chi connectivity index (χ1n) is 6.12. The molecule has 19 heavy (non-hydrogen) atoms. The van der Waals surface area contributed by atoms with Crippen LogP contribution in [-0.2, 0) is 12.8 Å². The SMILES string of the molecule is N#[N+]c1c2c(nn1-c1ccc(Cl)c(F)c1)CCCC2. The van der Waals surface area contributed by atoms with Crippen LogP contribution in [0.25, 0.3) is 10.7 Å². The van der Waals surface area contributed by atoms with Gasteiger partial charge in [0.15, 0.2) is 5.69 Å². The van der Waals surface area contributed by atoms with E-state index in [2.05, 4.69) is 10.1 Å². The van der Waals surface area contributed by atoms with Crippen LogP contribution in [0.4, 0.5) is 10.2 Å². The van der Waals surface area contributed by atoms with E-state index in [-0.39, 0.29) is 5.02 Å². The summed E-state index contributed by atoms with van der Waals surface area (Å²) in [5.74, 6) is -0.132. The Kier molecular flexibility index (Phi) is 2.96. The van der Waals surface area contributed by atoms with Crippen molar-refractivity contribution in [3.63, 3.8) is 0 Å². The van der Waals surface area contributed by atoms with Gasteiger partial charge >= 0.3 is 5.82 Å². The molecular weight excluding hydrogens is 267 g/mol. The molecule has 0 amide bonds. The Morgan fingerprint density at radius 2 is 2.11 bits per heavy atom. The van der Waals surface area contributed by atoms with Gasteiger partial charge in [0.2, 0.25) is 0 Å². The number of diazo groups is 1. The van der Waals surface area contributed by atoms with E-state index in [4.69, 9.17) is 11.6 Å². The lowest BCUT2D eigenvalue weighted by Crippen LogP contribution is -2.00. The first-order valence-corrected chi connectivity index (χ1v) is 6.50. The van der Waals surface area contributed by atoms with Crippen molar-refractivity contribution in [3.05, 3.63) is 45.3 Å². The number of nitrogens with zero attached hydrogens (tertiary/aromatic N) is 4. The van der Waals surface area contributed by atoms with Crippen LogP contribution in [0.1, 0.15) is 24.1 Å². The van der Waals surface area contributed by atoms with Gasteiger partial charge in [0.05, 0.1) is 21.7 Å². The third-order valence-electron chi connectivity index (χ3n) is 3.37. The zero-order chi connectivity index (χ0) is 13.4. The predicted octanol–water partition coefficient (Wildman–Crippen LogP) is 4.03. The number of benzene rings is 1. The highest BCUT2D eigenvalue weighted by atomic mass is 35.5. The van der Waals surface area contributed by atoms with E-state index in [1.807, 2.05) is 0 Å². The highest BCUT2D eigenvalue weighted by molar-refractivity contribution is 6.30. The average Bonchev–Trinajstić information content (AvgIpc) is 2.80. The Hall–Kier alpha value is -1.93. The second kappa shape index (κ2) is 4.63. The summed E-state index contributed by atoms with van der Waals surface area (Å²) >= 11 is 5.67. The van der Waals surface area contributed by atoms with E-state index in [0.717, 1.165) is 36.9 Å². The minimum Gasteiger partial charge on any atom is -0.205 e. The van der Waals surface area contributed by atoms with Crippen LogP contribution in [0.5, 0.6) is 0 Å². The first kappa shape index (κ1) is 12.1. The number of hydrogen-bond acceptors (Lipinski definition) is 2. The summed E-state index contributed by atoms with van der Waals surface area (Å²) in [5.41, 5.74) is 2.38. The van der Waals surface area contributed by atoms with Gasteiger partial charge in [-0.2, -0.15) is 0 Å². The van der Waals surface area contributed by atoms with Crippen molar-refractivity contribution in [2.75, 3.05) is 0 Å². The lowest BCUT2D eigenvalue weighted by atomic mass is 9.98. The number of fused-ring (bicyclic) bond motifs is 1. The molecule has 0 radical (unpaired) electrons. The van der Waals surface area contributed by atoms with E-state index >= 15 is 0 Å². The monoisotopic (exact) mass is 277 g/mol. The van der Waals surface area contributed by atoms with Crippen molar-refractivity contribution < 1.29 is 4.39 Å². The minimum atomic E-state index is -0.517. The van der Waals surface area contributed by atoms with Gasteiger partial charge in [0.1, 0.15) is 5.82 Å². The van der Waals surface area contributed by atoms with Gasteiger partial charge in [-0.25, -0.2) is 4.39 Å². The lowest BCUT2D eigenvalue weighted by Gasteiger charge is -2.04. The zero-order valence-electron chi connectivity index (χ0n) is 10.1. The van der Waals surface area contributed by atoms with Crippen LogP contribution in [0.3, 0.4) is 0 Å². The van der Waals surface area contributed by atoms with Gasteiger partial charge in [-0.15, -0.1) is 0 Å². The molecule has 0 spiro atoms. The van der Waals surface area contributed by atoms with Crippen LogP contribution < -0.4 is 0 Å². The van der Waals surface area contributed by atoms with Gasteiger partial charge in [0, 0.05) is 11.0 Å². The minimum absolute atomic E-state index is 0.0585. The summed E-state index contributed by atoms with van der Waals surface area (Å²) in [6, 6.07) is 4.40. The van der Waals surface area contributed by atoms with Gasteiger partial charge in [-0.3, -0.25) is 0 Å². The second-order valence-electron chi connectivity index (χ2n) is 4.57. The molecule has 0 saturated carbocycles. The smallest absolute Gasteiger partial charge is 0.205 e. The predicted molar refractivity (Wildman–Crippen MR) is 69.9 cm³/mol. The standard InChI is InChI=1S/C13H11ClFN4/c14-10-6-5-8(7-11(10)15)19-13(17-16)9-3-1-2-4-12(9)18-19/h5-7H,1-4H2/q+1. The summed E-state index contributed by atoms with van der Waals surface area (Å²) in [4.78, 5) is 3.32. The molecule has 0 saturated heterocycles. The maximum atomic E-state index is 13.5. The molecule has 1 aromatic heterocycles. The van der Waals surface area contributed by atoms with E-state index in [1.54, 1.807) is 6.07 Å². The molecule has 2 aromatic rings. The Bertz CT molecular complexity index is 687. The van der Waals surface area contributed by atoms with Crippen LogP contribution in [0.2, 0.25) is 5.02 Å². The maximum Gasteiger partial charge on any atom is 0.455 e. The number of hydrogen-bond donors (Lipinski definition) is 0. The number of aryl methyl sites for hydroxylation is 1. The van der Waals surface area contributed by atoms with Crippen molar-refractivity contribution in [2.45, 2.75) is 25.7 Å². The molecule has 0 aliphatic heterocycles. The summed E-state index contributed by atoms with van der Waals surface area (Å²) in [7, 11) is 0. The van der Waals surface area contributed by atoms with Crippen LogP contribution in [0.15, 0.2) is 18.2 Å². The van der Waals surface area contributed by atoms with Gasteiger partial charge in [-0.1, -0.05) is 21.4 Å². The van der Waals surface area contributed by atoms with Crippen LogP contribution in [0, 0.1) is 11.2 Å². The van der Waals surface area contributed by atoms with Crippen LogP contribution in [-0.4, -0.2) is 9.78 Å². The number of halogens is 2. The largest absolute Gasteiger partial charge is 0.455 e. The summed E-state index contributed by atoms with van der Waals surface area (Å²) in [6.45, 7) is 0. The summed E-state index contributed by atoms with van der Waals surface area (Å²) in [6.07, 6.45) is 3.83. The summed E-state index contributed by atoms with van der Waals surface area (Å²) < 4.78 is 15.0. The highest BCUT2D eigenvalue weighted by Gasteiger charge is 2.30. The fraction of sp³-hybridized carbons (Fsp3) is 0.308. The Morgan fingerprint density at radius 3 is 2.84 bits per heavy atom. The van der Waals surface area contributed by atoms with Gasteiger partial charge in [0.25, 0.3) is 0 Å². The molecule has 1 heterocycles. The molecule has 0 fully saturated rings. The molecule has 6 heteroatoms. The topological polar surface area (TPSA) is 46.0 Å². The summed E-state index contributed by atoms with van der Waals surface area (Å²) in [5, 5.41) is 13.7. The molecule has 0 atom stereocenters. The molecule has 1 aromatic carbocycles. The quantitative estimate of drug-likeness (QED) is 0.739. The Balaban J connectivity index is 2.17. The molecule has 0 N–H and O–H groups in total. The van der Waals surface area contributed by atoms with Crippen LogP contribution >= 0.6 is 11.6 Å². The lowest BCUT2D eigenvalue weighted by molar-refractivity contribution is 0.625. The first-order chi connectivity index (χ1) is 9.20. The number of rotatable bonds is 1. The Morgan fingerprint density at radius 1 is 1.32 bits per heavy atom. The molecule has 4 nitrogen and oxygen atoms in total. The highest BCUT2D eigenvalue weighted by Crippen LogP contribution is 2.32. The molecule has 0 unspecified atom stereocenters. The maximum absolute atomic E-state index is 13.5. The molecule has 1 aliphatic rings. The average molecular weight is 278 g/mol. The Labute approximate surface area is 114 Å². The van der Waals surface area contributed by atoms with Gasteiger partial charge in [-0.05, 0) is 37.8 Å². The van der Waals surface area contributed by atoms with E-state index in [1.165, 1.54) is 16.8 Å². The van der Waals surface area contributed by atoms with Crippen molar-refractivity contribution in [1.29, 1.82) is 5.39 Å². The third kappa shape index (κ3) is 1.98. The molecule has 0 bridgehead atoms. The zero-order valence-corrected chi connectivity index (χ0v) is 10.9. The number of aromatic nitrogens is 2.